The second kappa shape index (κ2) is 7.08. The number of nitrogens with one attached hydrogen (secondary N) is 1. The van der Waals surface area contributed by atoms with E-state index in [4.69, 9.17) is 5.10 Å². The number of carbonyl (C=O) groups excluding carboxylic acids is 1. The van der Waals surface area contributed by atoms with Gasteiger partial charge < -0.3 is 10.2 Å². The number of aromatic nitrogens is 3. The van der Waals surface area contributed by atoms with Crippen molar-refractivity contribution >= 4 is 11.9 Å². The number of nitrogens with zero attached hydrogens (tertiary/aromatic N) is 5. The van der Waals surface area contributed by atoms with Crippen LogP contribution in [-0.4, -0.2) is 65.3 Å². The first-order valence-corrected chi connectivity index (χ1v) is 10.8. The van der Waals surface area contributed by atoms with Crippen LogP contribution in [-0.2, 0) is 11.3 Å². The summed E-state index contributed by atoms with van der Waals surface area (Å²) in [6.45, 7) is 5.07. The van der Waals surface area contributed by atoms with E-state index in [-0.39, 0.29) is 5.91 Å². The van der Waals surface area contributed by atoms with Gasteiger partial charge in [-0.25, -0.2) is 0 Å². The van der Waals surface area contributed by atoms with Crippen LogP contribution in [0, 0.1) is 17.8 Å². The molecule has 148 valence electrons. The normalized spacial score (nSPS) is 30.7. The van der Waals surface area contributed by atoms with Gasteiger partial charge in [0.1, 0.15) is 5.82 Å². The van der Waals surface area contributed by atoms with Gasteiger partial charge in [-0.15, -0.1) is 10.2 Å². The highest BCUT2D eigenvalue weighted by Gasteiger charge is 2.54. The van der Waals surface area contributed by atoms with Crippen molar-refractivity contribution in [3.05, 3.63) is 5.82 Å². The molecule has 4 fully saturated rings. The second-order valence-corrected chi connectivity index (χ2v) is 9.10. The van der Waals surface area contributed by atoms with Crippen molar-refractivity contribution < 1.29 is 4.79 Å². The van der Waals surface area contributed by atoms with Gasteiger partial charge in [-0.2, -0.15) is 0 Å². The molecule has 4 aliphatic rings. The van der Waals surface area contributed by atoms with Crippen molar-refractivity contribution in [3.8, 4) is 0 Å². The van der Waals surface area contributed by atoms with Crippen molar-refractivity contribution in [1.82, 2.24) is 25.0 Å². The molecule has 5 rings (SSSR count). The van der Waals surface area contributed by atoms with Crippen LogP contribution < -0.4 is 10.2 Å². The Morgan fingerprint density at radius 2 is 1.93 bits per heavy atom. The Morgan fingerprint density at radius 1 is 1.15 bits per heavy atom. The van der Waals surface area contributed by atoms with Crippen molar-refractivity contribution in [2.45, 2.75) is 51.0 Å². The minimum atomic E-state index is 0.138. The summed E-state index contributed by atoms with van der Waals surface area (Å²) in [5.41, 5.74) is 0. The van der Waals surface area contributed by atoms with E-state index in [1.54, 1.807) is 0 Å². The van der Waals surface area contributed by atoms with Gasteiger partial charge in [0.05, 0.1) is 6.54 Å². The van der Waals surface area contributed by atoms with E-state index in [0.717, 1.165) is 56.4 Å². The van der Waals surface area contributed by atoms with Crippen molar-refractivity contribution in [3.63, 3.8) is 0 Å². The summed E-state index contributed by atoms with van der Waals surface area (Å²) in [4.78, 5) is 16.1. The Hall–Kier alpha value is -1.63. The molecule has 1 amide bonds. The zero-order valence-corrected chi connectivity index (χ0v) is 16.4. The molecule has 0 spiro atoms. The molecular weight excluding hydrogens is 340 g/mol. The summed E-state index contributed by atoms with van der Waals surface area (Å²) >= 11 is 0. The van der Waals surface area contributed by atoms with E-state index in [9.17, 15) is 4.79 Å². The highest BCUT2D eigenvalue weighted by molar-refractivity contribution is 5.78. The van der Waals surface area contributed by atoms with Crippen LogP contribution in [0.2, 0.25) is 0 Å². The third-order valence-electron chi connectivity index (χ3n) is 7.06. The molecule has 0 aromatic carbocycles. The lowest BCUT2D eigenvalue weighted by Gasteiger charge is -2.28. The average Bonchev–Trinajstić information content (AvgIpc) is 3.58. The molecule has 3 aliphatic carbocycles. The summed E-state index contributed by atoms with van der Waals surface area (Å²) in [7, 11) is 2.13. The van der Waals surface area contributed by atoms with Crippen LogP contribution in [0.4, 0.5) is 5.95 Å². The van der Waals surface area contributed by atoms with Gasteiger partial charge >= 0.3 is 0 Å². The van der Waals surface area contributed by atoms with Gasteiger partial charge in [0.25, 0.3) is 0 Å². The second-order valence-electron chi connectivity index (χ2n) is 9.10. The zero-order chi connectivity index (χ0) is 18.4. The fourth-order valence-corrected chi connectivity index (χ4v) is 5.22. The van der Waals surface area contributed by atoms with Crippen LogP contribution in [0.15, 0.2) is 0 Å². The maximum absolute atomic E-state index is 11.6. The molecule has 2 atom stereocenters. The van der Waals surface area contributed by atoms with Crippen LogP contribution in [0.3, 0.4) is 0 Å². The number of hydrogen-bond donors (Lipinski definition) is 1. The summed E-state index contributed by atoms with van der Waals surface area (Å²) in [6, 6.07) is 0. The molecule has 3 saturated carbocycles. The monoisotopic (exact) mass is 372 g/mol. The fourth-order valence-electron chi connectivity index (χ4n) is 5.22. The van der Waals surface area contributed by atoms with Crippen LogP contribution >= 0.6 is 0 Å². The Morgan fingerprint density at radius 3 is 2.63 bits per heavy atom. The van der Waals surface area contributed by atoms with E-state index in [1.165, 1.54) is 44.3 Å². The number of anilines is 1. The van der Waals surface area contributed by atoms with Crippen LogP contribution in [0.1, 0.15) is 50.3 Å². The molecule has 2 unspecified atom stereocenters. The number of hydrogen-bond acceptors (Lipinski definition) is 5. The third-order valence-corrected chi connectivity index (χ3v) is 7.06. The Kier molecular flexibility index (Phi) is 4.58. The Labute approximate surface area is 161 Å². The van der Waals surface area contributed by atoms with Crippen LogP contribution in [0.5, 0.6) is 0 Å². The van der Waals surface area contributed by atoms with E-state index in [2.05, 4.69) is 31.8 Å². The summed E-state index contributed by atoms with van der Waals surface area (Å²) in [5, 5.41) is 12.2. The summed E-state index contributed by atoms with van der Waals surface area (Å²) in [5.74, 6) is 5.64. The number of rotatable bonds is 7. The van der Waals surface area contributed by atoms with Gasteiger partial charge in [-0.1, -0.05) is 12.8 Å². The van der Waals surface area contributed by atoms with E-state index in [0.29, 0.717) is 12.5 Å². The maximum Gasteiger partial charge on any atom is 0.234 e. The molecule has 1 aromatic rings. The van der Waals surface area contributed by atoms with Gasteiger partial charge in [-0.3, -0.25) is 14.3 Å². The zero-order valence-electron chi connectivity index (χ0n) is 16.4. The largest absolute Gasteiger partial charge is 0.354 e. The van der Waals surface area contributed by atoms with Gasteiger partial charge in [0, 0.05) is 45.7 Å². The smallest absolute Gasteiger partial charge is 0.234 e. The molecule has 7 heteroatoms. The highest BCUT2D eigenvalue weighted by atomic mass is 16.2. The first-order valence-electron chi connectivity index (χ1n) is 10.8. The number of carbonyl (C=O) groups is 1. The van der Waals surface area contributed by atoms with Crippen molar-refractivity contribution in [2.75, 3.05) is 44.7 Å². The lowest BCUT2D eigenvalue weighted by molar-refractivity contribution is -0.124. The van der Waals surface area contributed by atoms with Crippen LogP contribution in [0.25, 0.3) is 0 Å². The lowest BCUT2D eigenvalue weighted by Crippen LogP contribution is -2.49. The highest BCUT2D eigenvalue weighted by Crippen LogP contribution is 2.61. The van der Waals surface area contributed by atoms with Crippen molar-refractivity contribution in [1.29, 1.82) is 0 Å². The van der Waals surface area contributed by atoms with Gasteiger partial charge in [0.2, 0.25) is 11.9 Å². The third kappa shape index (κ3) is 3.58. The molecule has 1 aromatic heterocycles. The van der Waals surface area contributed by atoms with Gasteiger partial charge in [0.15, 0.2) is 0 Å². The topological polar surface area (TPSA) is 66.3 Å². The Bertz CT molecular complexity index is 687. The molecule has 1 aliphatic heterocycles. The van der Waals surface area contributed by atoms with Crippen molar-refractivity contribution in [2.24, 2.45) is 17.8 Å². The molecular formula is C20H32N6O. The van der Waals surface area contributed by atoms with E-state index in [1.807, 2.05) is 0 Å². The first kappa shape index (κ1) is 17.5. The number of piperazine rings is 1. The average molecular weight is 373 g/mol. The first-order chi connectivity index (χ1) is 13.2. The quantitative estimate of drug-likeness (QED) is 0.785. The number of fused-ring (bicyclic) bond motifs is 1. The minimum absolute atomic E-state index is 0.138. The Balaban J connectivity index is 1.28. The fraction of sp³-hybridized carbons (Fsp3) is 0.850. The van der Waals surface area contributed by atoms with E-state index < -0.39 is 0 Å². The predicted octanol–water partition coefficient (Wildman–Crippen LogP) is 1.46. The molecule has 0 bridgehead atoms. The molecule has 2 heterocycles. The molecule has 0 radical (unpaired) electrons. The maximum atomic E-state index is 11.6. The molecule has 27 heavy (non-hydrogen) atoms. The van der Waals surface area contributed by atoms with E-state index >= 15 is 0 Å². The van der Waals surface area contributed by atoms with Gasteiger partial charge in [-0.05, 0) is 43.4 Å². The minimum Gasteiger partial charge on any atom is -0.354 e. The molecule has 1 saturated heterocycles. The lowest BCUT2D eigenvalue weighted by atomic mass is 10.0. The predicted molar refractivity (Wildman–Crippen MR) is 104 cm³/mol. The molecule has 7 nitrogen and oxygen atoms in total. The standard InChI is InChI=1S/C20H32N6O/c1-24(10-11-25-9-8-21-17(27)13-25)20-23-22-19(26(20)12-14-6-7-14)18-15-4-2-3-5-16(15)18/h14-16,18H,2-13H2,1H3,(H,21,27). The molecule has 1 N–H and O–H groups in total. The summed E-state index contributed by atoms with van der Waals surface area (Å²) in [6.07, 6.45) is 8.25. The number of likely N-dealkylation sites (N-methyl/N-ethyl adjacent to an activating group) is 1. The SMILES string of the molecule is CN(CCN1CCNC(=O)C1)c1nnc(C2C3CCCCC32)n1CC1CC1. The summed E-state index contributed by atoms with van der Waals surface area (Å²) < 4.78 is 2.45. The number of amides is 1.